The molecule has 0 radical (unpaired) electrons. The van der Waals surface area contributed by atoms with Gasteiger partial charge in [0.15, 0.2) is 0 Å². The second kappa shape index (κ2) is 6.66. The van der Waals surface area contributed by atoms with Gasteiger partial charge in [-0.15, -0.1) is 0 Å². The summed E-state index contributed by atoms with van der Waals surface area (Å²) in [4.78, 5) is 0. The van der Waals surface area contributed by atoms with Gasteiger partial charge in [-0.2, -0.15) is 13.2 Å². The predicted octanol–water partition coefficient (Wildman–Crippen LogP) is 3.96. The molecule has 17 heavy (non-hydrogen) atoms. The van der Waals surface area contributed by atoms with Crippen molar-refractivity contribution < 1.29 is 13.2 Å². The third-order valence-electron chi connectivity index (χ3n) is 2.14. The normalized spacial score (nSPS) is 13.7. The predicted molar refractivity (Wildman–Crippen MR) is 69.0 cm³/mol. The summed E-state index contributed by atoms with van der Waals surface area (Å²) < 4.78 is 36.7. The zero-order valence-electron chi connectivity index (χ0n) is 9.01. The minimum absolute atomic E-state index is 0.0126. The van der Waals surface area contributed by atoms with E-state index in [2.05, 4.69) is 15.9 Å². The fourth-order valence-electron chi connectivity index (χ4n) is 1.39. The zero-order valence-corrected chi connectivity index (χ0v) is 11.4. The molecule has 0 saturated heterocycles. The highest BCUT2D eigenvalue weighted by molar-refractivity contribution is 9.10. The maximum atomic E-state index is 11.9. The monoisotopic (exact) mass is 327 g/mol. The second-order valence-electron chi connectivity index (χ2n) is 3.68. The molecular formula is C11H13BrF3NS. The topological polar surface area (TPSA) is 26.0 Å². The lowest BCUT2D eigenvalue weighted by molar-refractivity contribution is -0.0328. The summed E-state index contributed by atoms with van der Waals surface area (Å²) in [7, 11) is 0. The molecule has 6 heteroatoms. The molecule has 0 amide bonds. The molecule has 1 unspecified atom stereocenters. The third-order valence-corrected chi connectivity index (χ3v) is 3.40. The number of hydrogen-bond acceptors (Lipinski definition) is 2. The van der Waals surface area contributed by atoms with Crippen LogP contribution in [0.2, 0.25) is 0 Å². The van der Waals surface area contributed by atoms with Gasteiger partial charge in [-0.3, -0.25) is 0 Å². The Balaban J connectivity index is 2.32. The van der Waals surface area contributed by atoms with Crippen LogP contribution in [-0.2, 0) is 6.42 Å². The molecule has 1 aromatic carbocycles. The Hall–Kier alpha value is -0.200. The standard InChI is InChI=1S/C11H13BrF3NS/c12-9-3-1-2-8(6-9)7-10(16)4-5-17-11(13,14)15/h1-3,6,10H,4-5,7,16H2. The van der Waals surface area contributed by atoms with Gasteiger partial charge >= 0.3 is 5.51 Å². The third kappa shape index (κ3) is 6.95. The molecule has 0 aliphatic rings. The largest absolute Gasteiger partial charge is 0.441 e. The molecule has 0 bridgehead atoms. The molecule has 0 aliphatic carbocycles. The second-order valence-corrected chi connectivity index (χ2v) is 5.75. The van der Waals surface area contributed by atoms with Crippen LogP contribution in [0, 0.1) is 0 Å². The van der Waals surface area contributed by atoms with Gasteiger partial charge in [0.25, 0.3) is 0 Å². The fraction of sp³-hybridized carbons (Fsp3) is 0.455. The Labute approximate surface area is 111 Å². The van der Waals surface area contributed by atoms with E-state index >= 15 is 0 Å². The van der Waals surface area contributed by atoms with Crippen LogP contribution in [0.1, 0.15) is 12.0 Å². The van der Waals surface area contributed by atoms with Gasteiger partial charge in [0.1, 0.15) is 0 Å². The van der Waals surface area contributed by atoms with E-state index in [0.29, 0.717) is 12.8 Å². The van der Waals surface area contributed by atoms with Crippen molar-refractivity contribution >= 4 is 27.7 Å². The van der Waals surface area contributed by atoms with Gasteiger partial charge in [-0.25, -0.2) is 0 Å². The van der Waals surface area contributed by atoms with E-state index in [-0.39, 0.29) is 23.6 Å². The van der Waals surface area contributed by atoms with E-state index in [1.807, 2.05) is 24.3 Å². The van der Waals surface area contributed by atoms with E-state index in [0.717, 1.165) is 10.0 Å². The molecule has 96 valence electrons. The minimum Gasteiger partial charge on any atom is -0.327 e. The lowest BCUT2D eigenvalue weighted by atomic mass is 10.1. The zero-order chi connectivity index (χ0) is 12.9. The Morgan fingerprint density at radius 1 is 1.35 bits per heavy atom. The summed E-state index contributed by atoms with van der Waals surface area (Å²) in [6.07, 6.45) is 0.953. The van der Waals surface area contributed by atoms with Crippen LogP contribution in [0.4, 0.5) is 13.2 Å². The number of rotatable bonds is 5. The molecular weight excluding hydrogens is 315 g/mol. The molecule has 1 rings (SSSR count). The Bertz CT molecular complexity index is 357. The lowest BCUT2D eigenvalue weighted by Crippen LogP contribution is -2.24. The Morgan fingerprint density at radius 2 is 2.06 bits per heavy atom. The van der Waals surface area contributed by atoms with Gasteiger partial charge < -0.3 is 5.73 Å². The number of nitrogens with two attached hydrogens (primary N) is 1. The maximum absolute atomic E-state index is 11.9. The van der Waals surface area contributed by atoms with Crippen LogP contribution >= 0.6 is 27.7 Å². The van der Waals surface area contributed by atoms with Crippen molar-refractivity contribution in [3.05, 3.63) is 34.3 Å². The number of benzene rings is 1. The molecule has 1 atom stereocenters. The number of alkyl halides is 3. The molecule has 1 aromatic rings. The number of halogens is 4. The summed E-state index contributed by atoms with van der Waals surface area (Å²) >= 11 is 3.32. The molecule has 0 aliphatic heterocycles. The molecule has 0 spiro atoms. The first-order valence-electron chi connectivity index (χ1n) is 5.07. The van der Waals surface area contributed by atoms with Crippen LogP contribution in [0.25, 0.3) is 0 Å². The SMILES string of the molecule is NC(CCSC(F)(F)F)Cc1cccc(Br)c1. The smallest absolute Gasteiger partial charge is 0.327 e. The van der Waals surface area contributed by atoms with E-state index in [1.165, 1.54) is 0 Å². The van der Waals surface area contributed by atoms with Gasteiger partial charge in [-0.05, 0) is 30.5 Å². The number of hydrogen-bond donors (Lipinski definition) is 1. The van der Waals surface area contributed by atoms with Crippen molar-refractivity contribution in [3.63, 3.8) is 0 Å². The van der Waals surface area contributed by atoms with Crippen LogP contribution < -0.4 is 5.73 Å². The minimum atomic E-state index is -4.16. The average Bonchev–Trinajstić information content (AvgIpc) is 2.15. The summed E-state index contributed by atoms with van der Waals surface area (Å²) in [5.41, 5.74) is 2.66. The van der Waals surface area contributed by atoms with Crippen LogP contribution in [-0.4, -0.2) is 17.3 Å². The van der Waals surface area contributed by atoms with E-state index in [4.69, 9.17) is 5.73 Å². The molecule has 0 saturated carbocycles. The van der Waals surface area contributed by atoms with Crippen LogP contribution in [0.3, 0.4) is 0 Å². The van der Waals surface area contributed by atoms with Crippen molar-refractivity contribution in [2.24, 2.45) is 5.73 Å². The van der Waals surface area contributed by atoms with Gasteiger partial charge in [0, 0.05) is 16.3 Å². The summed E-state index contributed by atoms with van der Waals surface area (Å²) in [6.45, 7) is 0. The first kappa shape index (κ1) is 14.9. The van der Waals surface area contributed by atoms with Crippen molar-refractivity contribution in [2.75, 3.05) is 5.75 Å². The van der Waals surface area contributed by atoms with E-state index in [9.17, 15) is 13.2 Å². The quantitative estimate of drug-likeness (QED) is 0.885. The molecule has 2 N–H and O–H groups in total. The van der Waals surface area contributed by atoms with Gasteiger partial charge in [0.05, 0.1) is 0 Å². The van der Waals surface area contributed by atoms with Gasteiger partial charge in [-0.1, -0.05) is 39.8 Å². The molecule has 0 fully saturated rings. The van der Waals surface area contributed by atoms with Crippen molar-refractivity contribution in [1.29, 1.82) is 0 Å². The van der Waals surface area contributed by atoms with Crippen molar-refractivity contribution in [3.8, 4) is 0 Å². The fourth-order valence-corrected chi connectivity index (χ4v) is 2.49. The van der Waals surface area contributed by atoms with Crippen molar-refractivity contribution in [2.45, 2.75) is 24.4 Å². The number of thioether (sulfide) groups is 1. The molecule has 1 nitrogen and oxygen atoms in total. The first-order valence-corrected chi connectivity index (χ1v) is 6.85. The van der Waals surface area contributed by atoms with Crippen LogP contribution in [0.5, 0.6) is 0 Å². The molecule has 0 heterocycles. The summed E-state index contributed by atoms with van der Waals surface area (Å²) in [5, 5.41) is 0. The Kier molecular flexibility index (Phi) is 5.82. The first-order chi connectivity index (χ1) is 7.87. The van der Waals surface area contributed by atoms with E-state index < -0.39 is 5.51 Å². The highest BCUT2D eigenvalue weighted by atomic mass is 79.9. The highest BCUT2D eigenvalue weighted by Crippen LogP contribution is 2.30. The molecule has 0 aromatic heterocycles. The summed E-state index contributed by atoms with van der Waals surface area (Å²) in [6, 6.07) is 7.39. The Morgan fingerprint density at radius 3 is 2.65 bits per heavy atom. The van der Waals surface area contributed by atoms with Crippen LogP contribution in [0.15, 0.2) is 28.7 Å². The maximum Gasteiger partial charge on any atom is 0.441 e. The van der Waals surface area contributed by atoms with Gasteiger partial charge in [0.2, 0.25) is 0 Å². The summed E-state index contributed by atoms with van der Waals surface area (Å²) in [5.74, 6) is 0.0126. The highest BCUT2D eigenvalue weighted by Gasteiger charge is 2.27. The van der Waals surface area contributed by atoms with E-state index in [1.54, 1.807) is 0 Å². The lowest BCUT2D eigenvalue weighted by Gasteiger charge is -2.12. The van der Waals surface area contributed by atoms with Crippen molar-refractivity contribution in [1.82, 2.24) is 0 Å². The average molecular weight is 328 g/mol.